The number of hydrogen-bond donors (Lipinski definition) is 0. The highest BCUT2D eigenvalue weighted by atomic mass is 79.9. The lowest BCUT2D eigenvalue weighted by atomic mass is 10.0. The molecule has 1 atom stereocenters. The van der Waals surface area contributed by atoms with Crippen molar-refractivity contribution < 1.29 is 0 Å². The van der Waals surface area contributed by atoms with Gasteiger partial charge in [-0.25, -0.2) is 0 Å². The van der Waals surface area contributed by atoms with E-state index < -0.39 is 0 Å². The van der Waals surface area contributed by atoms with Crippen molar-refractivity contribution in [3.05, 3.63) is 57.3 Å². The molecule has 0 fully saturated rings. The number of alkyl halides is 1. The maximum Gasteiger partial charge on any atom is 0.0655 e. The first kappa shape index (κ1) is 10.9. The Kier molecular flexibility index (Phi) is 3.27. The van der Waals surface area contributed by atoms with E-state index in [1.807, 2.05) is 0 Å². The molecule has 0 bridgehead atoms. The Labute approximate surface area is 103 Å². The van der Waals surface area contributed by atoms with E-state index in [9.17, 15) is 0 Å². The van der Waals surface area contributed by atoms with Crippen molar-refractivity contribution in [1.82, 2.24) is 0 Å². The normalized spacial score (nSPS) is 12.7. The zero-order chi connectivity index (χ0) is 10.8. The van der Waals surface area contributed by atoms with E-state index in [4.69, 9.17) is 0 Å². The zero-order valence-corrected chi connectivity index (χ0v) is 11.2. The van der Waals surface area contributed by atoms with Crippen LogP contribution in [-0.2, 0) is 0 Å². The van der Waals surface area contributed by atoms with Crippen molar-refractivity contribution in [2.45, 2.75) is 18.7 Å². The van der Waals surface area contributed by atoms with E-state index in [0.29, 0.717) is 4.83 Å². The average molecular weight is 281 g/mol. The van der Waals surface area contributed by atoms with E-state index in [1.54, 1.807) is 11.3 Å². The SMILES string of the molecule is Cc1ccc(C)c(C(Br)c2ccsc2)c1. The lowest BCUT2D eigenvalue weighted by molar-refractivity contribution is 1.14. The van der Waals surface area contributed by atoms with E-state index >= 15 is 0 Å². The van der Waals surface area contributed by atoms with E-state index in [-0.39, 0.29) is 0 Å². The standard InChI is InChI=1S/C13H13BrS/c1-9-3-4-10(2)12(7-9)13(14)11-5-6-15-8-11/h3-8,13H,1-2H3. The van der Waals surface area contributed by atoms with Gasteiger partial charge < -0.3 is 0 Å². The summed E-state index contributed by atoms with van der Waals surface area (Å²) in [6.45, 7) is 4.30. The van der Waals surface area contributed by atoms with Gasteiger partial charge in [0.05, 0.1) is 4.83 Å². The van der Waals surface area contributed by atoms with Gasteiger partial charge in [-0.15, -0.1) is 0 Å². The van der Waals surface area contributed by atoms with Crippen molar-refractivity contribution in [3.8, 4) is 0 Å². The van der Waals surface area contributed by atoms with Gasteiger partial charge >= 0.3 is 0 Å². The van der Waals surface area contributed by atoms with Crippen LogP contribution < -0.4 is 0 Å². The van der Waals surface area contributed by atoms with Crippen molar-refractivity contribution in [2.24, 2.45) is 0 Å². The molecule has 0 saturated carbocycles. The van der Waals surface area contributed by atoms with Crippen LogP contribution in [0.4, 0.5) is 0 Å². The molecular weight excluding hydrogens is 268 g/mol. The second-order valence-electron chi connectivity index (χ2n) is 3.78. The van der Waals surface area contributed by atoms with E-state index in [0.717, 1.165) is 0 Å². The van der Waals surface area contributed by atoms with Crippen molar-refractivity contribution in [3.63, 3.8) is 0 Å². The van der Waals surface area contributed by atoms with Crippen LogP contribution in [0.5, 0.6) is 0 Å². The lowest BCUT2D eigenvalue weighted by Gasteiger charge is -2.12. The van der Waals surface area contributed by atoms with Crippen LogP contribution in [-0.4, -0.2) is 0 Å². The molecule has 0 nitrogen and oxygen atoms in total. The van der Waals surface area contributed by atoms with Crippen LogP contribution in [0.2, 0.25) is 0 Å². The van der Waals surface area contributed by atoms with Crippen molar-refractivity contribution in [1.29, 1.82) is 0 Å². The molecule has 0 amide bonds. The highest BCUT2D eigenvalue weighted by Crippen LogP contribution is 2.34. The Hall–Kier alpha value is -0.600. The molecule has 2 aromatic rings. The monoisotopic (exact) mass is 280 g/mol. The summed E-state index contributed by atoms with van der Waals surface area (Å²) in [5, 5.41) is 4.32. The molecule has 0 N–H and O–H groups in total. The number of halogens is 1. The largest absolute Gasteiger partial charge is 0.152 e. The number of rotatable bonds is 2. The van der Waals surface area contributed by atoms with Gasteiger partial charge in [-0.2, -0.15) is 11.3 Å². The Morgan fingerprint density at radius 3 is 2.67 bits per heavy atom. The van der Waals surface area contributed by atoms with Crippen LogP contribution in [0.3, 0.4) is 0 Å². The smallest absolute Gasteiger partial charge is 0.0655 e. The summed E-state index contributed by atoms with van der Waals surface area (Å²) in [6, 6.07) is 8.77. The predicted molar refractivity (Wildman–Crippen MR) is 71.0 cm³/mol. The molecule has 2 rings (SSSR count). The van der Waals surface area contributed by atoms with Gasteiger partial charge in [0.25, 0.3) is 0 Å². The van der Waals surface area contributed by atoms with Gasteiger partial charge in [0, 0.05) is 0 Å². The van der Waals surface area contributed by atoms with E-state index in [1.165, 1.54) is 22.3 Å². The highest BCUT2D eigenvalue weighted by molar-refractivity contribution is 9.09. The van der Waals surface area contributed by atoms with Crippen LogP contribution in [0.1, 0.15) is 27.1 Å². The van der Waals surface area contributed by atoms with Crippen molar-refractivity contribution >= 4 is 27.3 Å². The Bertz CT molecular complexity index is 446. The third-order valence-electron chi connectivity index (χ3n) is 2.54. The molecule has 1 aromatic heterocycles. The summed E-state index contributed by atoms with van der Waals surface area (Å²) in [5.41, 5.74) is 5.37. The molecular formula is C13H13BrS. The van der Waals surface area contributed by atoms with Crippen LogP contribution in [0, 0.1) is 13.8 Å². The molecule has 1 heterocycles. The van der Waals surface area contributed by atoms with Gasteiger partial charge in [-0.05, 0) is 47.4 Å². The molecule has 0 aliphatic heterocycles. The van der Waals surface area contributed by atoms with Gasteiger partial charge in [0.1, 0.15) is 0 Å². The quantitative estimate of drug-likeness (QED) is 0.690. The summed E-state index contributed by atoms with van der Waals surface area (Å²) in [7, 11) is 0. The minimum atomic E-state index is 0.323. The summed E-state index contributed by atoms with van der Waals surface area (Å²) in [6.07, 6.45) is 0. The van der Waals surface area contributed by atoms with E-state index in [2.05, 4.69) is 64.8 Å². The average Bonchev–Trinajstić information content (AvgIpc) is 2.74. The number of aryl methyl sites for hydroxylation is 2. The Balaban J connectivity index is 2.41. The van der Waals surface area contributed by atoms with Gasteiger partial charge in [0.15, 0.2) is 0 Å². The summed E-state index contributed by atoms with van der Waals surface area (Å²) < 4.78 is 0. The molecule has 15 heavy (non-hydrogen) atoms. The Morgan fingerprint density at radius 2 is 2.00 bits per heavy atom. The van der Waals surface area contributed by atoms with Gasteiger partial charge in [0.2, 0.25) is 0 Å². The zero-order valence-electron chi connectivity index (χ0n) is 8.83. The molecule has 0 radical (unpaired) electrons. The molecule has 0 spiro atoms. The maximum absolute atomic E-state index is 3.76. The minimum Gasteiger partial charge on any atom is -0.152 e. The van der Waals surface area contributed by atoms with Crippen LogP contribution in [0.25, 0.3) is 0 Å². The third-order valence-corrected chi connectivity index (χ3v) is 4.27. The predicted octanol–water partition coefficient (Wildman–Crippen LogP) is 4.85. The summed E-state index contributed by atoms with van der Waals surface area (Å²) in [5.74, 6) is 0. The fourth-order valence-corrected chi connectivity index (χ4v) is 3.27. The number of thiophene rings is 1. The van der Waals surface area contributed by atoms with Gasteiger partial charge in [-0.3, -0.25) is 0 Å². The first-order valence-corrected chi connectivity index (χ1v) is 6.77. The number of hydrogen-bond acceptors (Lipinski definition) is 1. The molecule has 2 heteroatoms. The molecule has 0 aliphatic rings. The minimum absolute atomic E-state index is 0.323. The molecule has 1 unspecified atom stereocenters. The molecule has 0 aliphatic carbocycles. The van der Waals surface area contributed by atoms with Crippen LogP contribution >= 0.6 is 27.3 Å². The number of benzene rings is 1. The topological polar surface area (TPSA) is 0 Å². The fourth-order valence-electron chi connectivity index (χ4n) is 1.63. The summed E-state index contributed by atoms with van der Waals surface area (Å²) in [4.78, 5) is 0.323. The first-order valence-electron chi connectivity index (χ1n) is 4.92. The second-order valence-corrected chi connectivity index (χ2v) is 5.47. The van der Waals surface area contributed by atoms with Crippen LogP contribution in [0.15, 0.2) is 35.0 Å². The first-order chi connectivity index (χ1) is 7.18. The highest BCUT2D eigenvalue weighted by Gasteiger charge is 2.12. The second kappa shape index (κ2) is 4.50. The third kappa shape index (κ3) is 2.32. The summed E-state index contributed by atoms with van der Waals surface area (Å²) >= 11 is 5.51. The lowest BCUT2D eigenvalue weighted by Crippen LogP contribution is -1.94. The molecule has 78 valence electrons. The van der Waals surface area contributed by atoms with Gasteiger partial charge in [-0.1, -0.05) is 39.7 Å². The maximum atomic E-state index is 3.76. The molecule has 0 saturated heterocycles. The fraction of sp³-hybridized carbons (Fsp3) is 0.231. The Morgan fingerprint density at radius 1 is 1.20 bits per heavy atom. The van der Waals surface area contributed by atoms with Crippen molar-refractivity contribution in [2.75, 3.05) is 0 Å². The molecule has 1 aromatic carbocycles.